The molecule has 66 valence electrons. The van der Waals surface area contributed by atoms with Gasteiger partial charge in [-0.2, -0.15) is 0 Å². The van der Waals surface area contributed by atoms with Gasteiger partial charge < -0.3 is 4.74 Å². The van der Waals surface area contributed by atoms with Crippen molar-refractivity contribution in [2.45, 2.75) is 24.7 Å². The second-order valence-corrected chi connectivity index (χ2v) is 3.22. The van der Waals surface area contributed by atoms with Gasteiger partial charge in [0.2, 0.25) is 0 Å². The minimum absolute atomic E-state index is 0.799. The Hall–Kier alpha value is -0.630. The predicted octanol–water partition coefficient (Wildman–Crippen LogP) is 3.15. The van der Waals surface area contributed by atoms with E-state index in [-0.39, 0.29) is 0 Å². The smallest absolute Gasteiger partial charge is 0.120 e. The highest BCUT2D eigenvalue weighted by molar-refractivity contribution is 7.80. The van der Waals surface area contributed by atoms with E-state index < -0.39 is 0 Å². The summed E-state index contributed by atoms with van der Waals surface area (Å²) in [6.45, 7) is 2.95. The molecule has 0 atom stereocenters. The van der Waals surface area contributed by atoms with Gasteiger partial charge in [-0.05, 0) is 24.6 Å². The summed E-state index contributed by atoms with van der Waals surface area (Å²) in [7, 11) is 0. The Labute approximate surface area is 79.2 Å². The van der Waals surface area contributed by atoms with Crippen LogP contribution in [0.5, 0.6) is 5.75 Å². The van der Waals surface area contributed by atoms with Gasteiger partial charge in [0.25, 0.3) is 0 Å². The summed E-state index contributed by atoms with van der Waals surface area (Å²) >= 11 is 4.22. The van der Waals surface area contributed by atoms with Gasteiger partial charge >= 0.3 is 0 Å². The van der Waals surface area contributed by atoms with Crippen molar-refractivity contribution in [3.05, 3.63) is 24.3 Å². The Morgan fingerprint density at radius 1 is 1.42 bits per heavy atom. The van der Waals surface area contributed by atoms with Crippen molar-refractivity contribution in [2.75, 3.05) is 6.61 Å². The Balaban J connectivity index is 2.41. The van der Waals surface area contributed by atoms with E-state index in [9.17, 15) is 0 Å². The van der Waals surface area contributed by atoms with Crippen molar-refractivity contribution in [3.63, 3.8) is 0 Å². The molecule has 0 saturated heterocycles. The zero-order valence-corrected chi connectivity index (χ0v) is 8.18. The molecule has 12 heavy (non-hydrogen) atoms. The number of hydrogen-bond acceptors (Lipinski definition) is 2. The van der Waals surface area contributed by atoms with Gasteiger partial charge in [-0.1, -0.05) is 19.4 Å². The lowest BCUT2D eigenvalue weighted by Crippen LogP contribution is -1.95. The maximum atomic E-state index is 5.48. The third kappa shape index (κ3) is 3.18. The second kappa shape index (κ2) is 5.09. The fourth-order valence-electron chi connectivity index (χ4n) is 0.908. The van der Waals surface area contributed by atoms with Crippen LogP contribution in [0.3, 0.4) is 0 Å². The van der Waals surface area contributed by atoms with E-state index in [1.165, 1.54) is 6.42 Å². The Morgan fingerprint density at radius 2 is 2.25 bits per heavy atom. The third-order valence-electron chi connectivity index (χ3n) is 1.58. The van der Waals surface area contributed by atoms with Crippen molar-refractivity contribution in [1.82, 2.24) is 0 Å². The van der Waals surface area contributed by atoms with Gasteiger partial charge in [0.1, 0.15) is 5.75 Å². The van der Waals surface area contributed by atoms with E-state index in [0.717, 1.165) is 23.7 Å². The largest absolute Gasteiger partial charge is 0.494 e. The monoisotopic (exact) mass is 182 g/mol. The summed E-state index contributed by atoms with van der Waals surface area (Å²) < 4.78 is 5.48. The molecule has 0 N–H and O–H groups in total. The molecule has 0 aliphatic heterocycles. The average Bonchev–Trinajstić information content (AvgIpc) is 2.05. The summed E-state index contributed by atoms with van der Waals surface area (Å²) in [6, 6.07) is 7.77. The molecule has 0 fully saturated rings. The molecule has 1 aromatic carbocycles. The molecule has 0 heterocycles. The van der Waals surface area contributed by atoms with Crippen LogP contribution in [0.25, 0.3) is 0 Å². The number of hydrogen-bond donors (Lipinski definition) is 1. The van der Waals surface area contributed by atoms with Crippen molar-refractivity contribution < 1.29 is 4.74 Å². The third-order valence-corrected chi connectivity index (χ3v) is 1.86. The topological polar surface area (TPSA) is 9.23 Å². The van der Waals surface area contributed by atoms with Crippen LogP contribution in [0.1, 0.15) is 19.8 Å². The van der Waals surface area contributed by atoms with Crippen LogP contribution >= 0.6 is 12.6 Å². The second-order valence-electron chi connectivity index (χ2n) is 2.70. The van der Waals surface area contributed by atoms with Crippen LogP contribution < -0.4 is 4.74 Å². The molecule has 1 rings (SSSR count). The number of benzene rings is 1. The summed E-state index contributed by atoms with van der Waals surface area (Å²) in [5, 5.41) is 0. The molecule has 0 bridgehead atoms. The lowest BCUT2D eigenvalue weighted by molar-refractivity contribution is 0.308. The molecule has 0 aromatic heterocycles. The maximum absolute atomic E-state index is 5.48. The van der Waals surface area contributed by atoms with Gasteiger partial charge in [0.15, 0.2) is 0 Å². The van der Waals surface area contributed by atoms with E-state index >= 15 is 0 Å². The highest BCUT2D eigenvalue weighted by atomic mass is 32.1. The highest BCUT2D eigenvalue weighted by Gasteiger charge is 1.92. The standard InChI is InChI=1S/C10H14OS/c1-2-3-7-11-9-5-4-6-10(12)8-9/h4-6,8,12H,2-3,7H2,1H3. The molecule has 0 amide bonds. The van der Waals surface area contributed by atoms with E-state index in [2.05, 4.69) is 19.6 Å². The molecule has 0 unspecified atom stereocenters. The average molecular weight is 182 g/mol. The van der Waals surface area contributed by atoms with Crippen molar-refractivity contribution in [1.29, 1.82) is 0 Å². The van der Waals surface area contributed by atoms with Gasteiger partial charge in [-0.25, -0.2) is 0 Å². The molecule has 2 heteroatoms. The van der Waals surface area contributed by atoms with Gasteiger partial charge in [-0.15, -0.1) is 12.6 Å². The van der Waals surface area contributed by atoms with Crippen molar-refractivity contribution in [2.24, 2.45) is 0 Å². The van der Waals surface area contributed by atoms with Gasteiger partial charge in [0.05, 0.1) is 6.61 Å². The molecular formula is C10H14OS. The first-order valence-corrected chi connectivity index (χ1v) is 4.69. The van der Waals surface area contributed by atoms with Crippen molar-refractivity contribution in [3.8, 4) is 5.75 Å². The number of rotatable bonds is 4. The Morgan fingerprint density at radius 3 is 2.92 bits per heavy atom. The minimum atomic E-state index is 0.799. The maximum Gasteiger partial charge on any atom is 0.120 e. The molecule has 0 radical (unpaired) electrons. The predicted molar refractivity (Wildman–Crippen MR) is 54.1 cm³/mol. The van der Waals surface area contributed by atoms with E-state index in [0.29, 0.717) is 0 Å². The van der Waals surface area contributed by atoms with Crippen LogP contribution in [0.15, 0.2) is 29.2 Å². The van der Waals surface area contributed by atoms with Crippen molar-refractivity contribution >= 4 is 12.6 Å². The molecular weight excluding hydrogens is 168 g/mol. The molecule has 0 saturated carbocycles. The molecule has 0 spiro atoms. The lowest BCUT2D eigenvalue weighted by atomic mass is 10.3. The summed E-state index contributed by atoms with van der Waals surface area (Å²) in [5.74, 6) is 0.913. The normalized spacial score (nSPS) is 9.83. The fraction of sp³-hybridized carbons (Fsp3) is 0.400. The first kappa shape index (κ1) is 9.46. The lowest BCUT2D eigenvalue weighted by Gasteiger charge is -2.04. The van der Waals surface area contributed by atoms with Crippen LogP contribution in [-0.4, -0.2) is 6.61 Å². The first-order valence-electron chi connectivity index (χ1n) is 4.24. The summed E-state index contributed by atoms with van der Waals surface area (Å²) in [4.78, 5) is 0.948. The van der Waals surface area contributed by atoms with E-state index in [4.69, 9.17) is 4.74 Å². The summed E-state index contributed by atoms with van der Waals surface area (Å²) in [5.41, 5.74) is 0. The van der Waals surface area contributed by atoms with E-state index in [1.807, 2.05) is 24.3 Å². The summed E-state index contributed by atoms with van der Waals surface area (Å²) in [6.07, 6.45) is 2.28. The SMILES string of the molecule is CCCCOc1cccc(S)c1. The quantitative estimate of drug-likeness (QED) is 0.556. The number of unbranched alkanes of at least 4 members (excludes halogenated alkanes) is 1. The van der Waals surface area contributed by atoms with Gasteiger partial charge in [-0.3, -0.25) is 0 Å². The van der Waals surface area contributed by atoms with E-state index in [1.54, 1.807) is 0 Å². The van der Waals surface area contributed by atoms with Crippen LogP contribution in [0.2, 0.25) is 0 Å². The fourth-order valence-corrected chi connectivity index (χ4v) is 1.12. The van der Waals surface area contributed by atoms with Crippen LogP contribution in [0, 0.1) is 0 Å². The van der Waals surface area contributed by atoms with Crippen LogP contribution in [0.4, 0.5) is 0 Å². The van der Waals surface area contributed by atoms with Gasteiger partial charge in [0, 0.05) is 4.90 Å². The minimum Gasteiger partial charge on any atom is -0.494 e. The zero-order chi connectivity index (χ0) is 8.81. The number of thiol groups is 1. The number of ether oxygens (including phenoxy) is 1. The van der Waals surface area contributed by atoms with Crippen LogP contribution in [-0.2, 0) is 0 Å². The molecule has 0 aliphatic rings. The Bertz CT molecular complexity index is 235. The Kier molecular flexibility index (Phi) is 4.01. The zero-order valence-electron chi connectivity index (χ0n) is 7.29. The first-order chi connectivity index (χ1) is 5.83. The molecule has 1 nitrogen and oxygen atoms in total. The molecule has 1 aromatic rings. The highest BCUT2D eigenvalue weighted by Crippen LogP contribution is 2.15. The molecule has 0 aliphatic carbocycles.